The Morgan fingerprint density at radius 1 is 1.11 bits per heavy atom. The largest absolute Gasteiger partial charge is 0.461 e. The molecular formula is C21H16BrN3O2S. The van der Waals surface area contributed by atoms with Crippen LogP contribution >= 0.6 is 27.3 Å². The molecule has 5 nitrogen and oxygen atoms in total. The molecule has 7 heteroatoms. The number of ether oxygens (including phenoxy) is 1. The number of halogens is 1. The summed E-state index contributed by atoms with van der Waals surface area (Å²) in [6.07, 6.45) is 1.85. The molecule has 0 spiro atoms. The second kappa shape index (κ2) is 8.08. The van der Waals surface area contributed by atoms with Crippen LogP contribution in [0.5, 0.6) is 0 Å². The number of carbonyl (C=O) groups is 1. The van der Waals surface area contributed by atoms with Crippen molar-refractivity contribution in [1.82, 2.24) is 14.8 Å². The van der Waals surface area contributed by atoms with Crippen molar-refractivity contribution in [2.75, 3.05) is 6.61 Å². The monoisotopic (exact) mass is 453 g/mol. The first-order valence-corrected chi connectivity index (χ1v) is 10.4. The van der Waals surface area contributed by atoms with Crippen LogP contribution in [0.25, 0.3) is 27.5 Å². The van der Waals surface area contributed by atoms with Gasteiger partial charge < -0.3 is 4.74 Å². The van der Waals surface area contributed by atoms with Gasteiger partial charge in [-0.25, -0.2) is 14.5 Å². The third kappa shape index (κ3) is 3.76. The Hall–Kier alpha value is -2.77. The maximum Gasteiger partial charge on any atom is 0.357 e. The van der Waals surface area contributed by atoms with Gasteiger partial charge in [-0.1, -0.05) is 48.5 Å². The predicted molar refractivity (Wildman–Crippen MR) is 114 cm³/mol. The van der Waals surface area contributed by atoms with E-state index < -0.39 is 5.97 Å². The van der Waals surface area contributed by atoms with E-state index in [0.717, 1.165) is 26.9 Å². The van der Waals surface area contributed by atoms with Crippen LogP contribution in [-0.4, -0.2) is 27.3 Å². The summed E-state index contributed by atoms with van der Waals surface area (Å²) in [5, 5.41) is 6.95. The van der Waals surface area contributed by atoms with Crippen molar-refractivity contribution in [1.29, 1.82) is 0 Å². The molecule has 0 aliphatic rings. The topological polar surface area (TPSA) is 57.0 Å². The Morgan fingerprint density at radius 3 is 2.64 bits per heavy atom. The lowest BCUT2D eigenvalue weighted by molar-refractivity contribution is 0.0520. The van der Waals surface area contributed by atoms with Crippen LogP contribution < -0.4 is 0 Å². The SMILES string of the molecule is CCOC(=O)c1csc(-n2cc(Br)c(-c3cccc(-c4ccccc4)c3)n2)n1. The summed E-state index contributed by atoms with van der Waals surface area (Å²) in [6, 6.07) is 18.4. The van der Waals surface area contributed by atoms with E-state index in [0.29, 0.717) is 17.4 Å². The molecule has 2 aromatic carbocycles. The number of rotatable bonds is 5. The fraction of sp³-hybridized carbons (Fsp3) is 0.0952. The number of nitrogens with zero attached hydrogens (tertiary/aromatic N) is 3. The van der Waals surface area contributed by atoms with E-state index >= 15 is 0 Å². The molecule has 4 rings (SSSR count). The molecule has 0 N–H and O–H groups in total. The van der Waals surface area contributed by atoms with E-state index in [4.69, 9.17) is 4.74 Å². The Morgan fingerprint density at radius 2 is 1.86 bits per heavy atom. The molecule has 2 aromatic heterocycles. The smallest absolute Gasteiger partial charge is 0.357 e. The van der Waals surface area contributed by atoms with Crippen molar-refractivity contribution in [3.05, 3.63) is 76.3 Å². The number of hydrogen-bond acceptors (Lipinski definition) is 5. The van der Waals surface area contributed by atoms with Crippen LogP contribution in [0, 0.1) is 0 Å². The minimum absolute atomic E-state index is 0.293. The lowest BCUT2D eigenvalue weighted by atomic mass is 10.0. The second-order valence-corrected chi connectivity index (χ2v) is 7.64. The average molecular weight is 454 g/mol. The van der Waals surface area contributed by atoms with Crippen molar-refractivity contribution in [2.45, 2.75) is 6.92 Å². The zero-order valence-corrected chi connectivity index (χ0v) is 17.4. The van der Waals surface area contributed by atoms with Crippen LogP contribution in [-0.2, 0) is 4.74 Å². The van der Waals surface area contributed by atoms with E-state index in [2.05, 4.69) is 50.3 Å². The van der Waals surface area contributed by atoms with Gasteiger partial charge >= 0.3 is 5.97 Å². The van der Waals surface area contributed by atoms with E-state index in [1.54, 1.807) is 17.0 Å². The third-order valence-corrected chi connectivity index (χ3v) is 5.50. The Balaban J connectivity index is 1.66. The van der Waals surface area contributed by atoms with Gasteiger partial charge in [-0.3, -0.25) is 0 Å². The van der Waals surface area contributed by atoms with Crippen LogP contribution in [0.2, 0.25) is 0 Å². The van der Waals surface area contributed by atoms with Crippen LogP contribution in [0.3, 0.4) is 0 Å². The molecule has 0 bridgehead atoms. The number of aromatic nitrogens is 3. The van der Waals surface area contributed by atoms with Gasteiger partial charge in [0.05, 0.1) is 11.1 Å². The average Bonchev–Trinajstić information content (AvgIpc) is 3.36. The maximum atomic E-state index is 11.8. The number of carbonyl (C=O) groups excluding carboxylic acids is 1. The first-order valence-electron chi connectivity index (χ1n) is 8.69. The standard InChI is InChI=1S/C21H16BrN3O2S/c1-2-27-20(26)18-13-28-21(23-18)25-12-17(22)19(24-25)16-10-6-9-15(11-16)14-7-4-3-5-8-14/h3-13H,2H2,1H3. The van der Waals surface area contributed by atoms with Crippen molar-refractivity contribution in [2.24, 2.45) is 0 Å². The highest BCUT2D eigenvalue weighted by Gasteiger charge is 2.16. The van der Waals surface area contributed by atoms with E-state index in [9.17, 15) is 4.79 Å². The fourth-order valence-electron chi connectivity index (χ4n) is 2.79. The minimum atomic E-state index is -0.424. The van der Waals surface area contributed by atoms with Crippen molar-refractivity contribution < 1.29 is 9.53 Å². The zero-order valence-electron chi connectivity index (χ0n) is 15.0. The molecule has 0 aliphatic heterocycles. The van der Waals surface area contributed by atoms with Crippen molar-refractivity contribution >= 4 is 33.2 Å². The molecule has 2 heterocycles. The van der Waals surface area contributed by atoms with Gasteiger partial charge in [0.2, 0.25) is 5.13 Å². The highest BCUT2D eigenvalue weighted by molar-refractivity contribution is 9.10. The molecule has 0 saturated heterocycles. The Labute approximate surface area is 174 Å². The lowest BCUT2D eigenvalue weighted by Crippen LogP contribution is -2.05. The minimum Gasteiger partial charge on any atom is -0.461 e. The lowest BCUT2D eigenvalue weighted by Gasteiger charge is -2.04. The van der Waals surface area contributed by atoms with E-state index in [-0.39, 0.29) is 0 Å². The normalized spacial score (nSPS) is 10.8. The zero-order chi connectivity index (χ0) is 19.5. The molecule has 0 saturated carbocycles. The van der Waals surface area contributed by atoms with Crippen LogP contribution in [0.1, 0.15) is 17.4 Å². The molecule has 140 valence electrons. The van der Waals surface area contributed by atoms with Crippen molar-refractivity contribution in [3.63, 3.8) is 0 Å². The first kappa shape index (κ1) is 18.6. The second-order valence-electron chi connectivity index (χ2n) is 5.95. The summed E-state index contributed by atoms with van der Waals surface area (Å²) in [4.78, 5) is 16.2. The third-order valence-electron chi connectivity index (χ3n) is 4.09. The highest BCUT2D eigenvalue weighted by Crippen LogP contribution is 2.31. The number of esters is 1. The molecule has 0 unspecified atom stereocenters. The molecule has 0 radical (unpaired) electrons. The van der Waals surface area contributed by atoms with Gasteiger partial charge in [-0.15, -0.1) is 11.3 Å². The summed E-state index contributed by atoms with van der Waals surface area (Å²) < 4.78 is 7.52. The van der Waals surface area contributed by atoms with Gasteiger partial charge in [0.1, 0.15) is 5.69 Å². The Bertz CT molecular complexity index is 1120. The van der Waals surface area contributed by atoms with Gasteiger partial charge in [0, 0.05) is 17.1 Å². The predicted octanol–water partition coefficient (Wildman–Crippen LogP) is 5.60. The summed E-state index contributed by atoms with van der Waals surface area (Å²) in [7, 11) is 0. The summed E-state index contributed by atoms with van der Waals surface area (Å²) in [6.45, 7) is 2.09. The summed E-state index contributed by atoms with van der Waals surface area (Å²) in [5.41, 5.74) is 4.37. The molecule has 28 heavy (non-hydrogen) atoms. The van der Waals surface area contributed by atoms with Gasteiger partial charge in [-0.05, 0) is 40.0 Å². The first-order chi connectivity index (χ1) is 13.7. The summed E-state index contributed by atoms with van der Waals surface area (Å²) >= 11 is 4.94. The van der Waals surface area contributed by atoms with Crippen LogP contribution in [0.4, 0.5) is 0 Å². The maximum absolute atomic E-state index is 11.8. The number of hydrogen-bond donors (Lipinski definition) is 0. The van der Waals surface area contributed by atoms with Crippen molar-refractivity contribution in [3.8, 4) is 27.5 Å². The summed E-state index contributed by atoms with van der Waals surface area (Å²) in [5.74, 6) is -0.424. The number of thiazole rings is 1. The van der Waals surface area contributed by atoms with E-state index in [1.165, 1.54) is 11.3 Å². The van der Waals surface area contributed by atoms with Gasteiger partial charge in [0.15, 0.2) is 5.69 Å². The number of benzene rings is 2. The molecule has 0 atom stereocenters. The molecule has 0 amide bonds. The molecular weight excluding hydrogens is 438 g/mol. The molecule has 0 fully saturated rings. The van der Waals surface area contributed by atoms with Crippen LogP contribution in [0.15, 0.2) is 70.6 Å². The molecule has 0 aliphatic carbocycles. The van der Waals surface area contributed by atoms with Gasteiger partial charge in [-0.2, -0.15) is 5.10 Å². The highest BCUT2D eigenvalue weighted by atomic mass is 79.9. The quantitative estimate of drug-likeness (QED) is 0.369. The van der Waals surface area contributed by atoms with Gasteiger partial charge in [0.25, 0.3) is 0 Å². The van der Waals surface area contributed by atoms with E-state index in [1.807, 2.05) is 36.5 Å². The Kier molecular flexibility index (Phi) is 5.36. The molecule has 4 aromatic rings. The fourth-order valence-corrected chi connectivity index (χ4v) is 4.01.